The molecule has 0 radical (unpaired) electrons. The Hall–Kier alpha value is -1.42. The molecule has 1 heterocycles. The van der Waals surface area contributed by atoms with Crippen molar-refractivity contribution < 1.29 is 14.3 Å². The van der Waals surface area contributed by atoms with Crippen LogP contribution in [0.4, 0.5) is 0 Å². The number of halogens is 1. The molecular formula is C15H18ClNO3. The molecule has 1 aliphatic heterocycles. The fraction of sp³-hybridized carbons (Fsp3) is 0.533. The van der Waals surface area contributed by atoms with Crippen molar-refractivity contribution >= 4 is 17.5 Å². The van der Waals surface area contributed by atoms with E-state index in [2.05, 4.69) is 5.32 Å². The van der Waals surface area contributed by atoms with Crippen molar-refractivity contribution in [3.8, 4) is 11.5 Å². The van der Waals surface area contributed by atoms with Crippen molar-refractivity contribution in [3.05, 3.63) is 23.8 Å². The molecule has 0 bridgehead atoms. The molecule has 4 nitrogen and oxygen atoms in total. The Bertz CT molecular complexity index is 498. The smallest absolute Gasteiger partial charge is 0.251 e. The van der Waals surface area contributed by atoms with Gasteiger partial charge in [-0.15, -0.1) is 11.6 Å². The van der Waals surface area contributed by atoms with E-state index in [1.807, 2.05) is 0 Å². The minimum absolute atomic E-state index is 0.0556. The van der Waals surface area contributed by atoms with Gasteiger partial charge in [-0.25, -0.2) is 0 Å². The summed E-state index contributed by atoms with van der Waals surface area (Å²) in [5.41, 5.74) is 0.613. The fourth-order valence-corrected chi connectivity index (χ4v) is 2.90. The second-order valence-corrected chi connectivity index (χ2v) is 5.90. The van der Waals surface area contributed by atoms with Gasteiger partial charge in [0.15, 0.2) is 11.5 Å². The SMILES string of the molecule is O=C(NC1CCC(Cl)CC1)c1ccc2c(c1)OCCO2. The third-order valence-corrected chi connectivity index (χ3v) is 4.23. The van der Waals surface area contributed by atoms with Crippen LogP contribution in [-0.4, -0.2) is 30.5 Å². The summed E-state index contributed by atoms with van der Waals surface area (Å²) >= 11 is 6.07. The van der Waals surface area contributed by atoms with Gasteiger partial charge < -0.3 is 14.8 Å². The molecule has 1 aromatic carbocycles. The van der Waals surface area contributed by atoms with Crippen LogP contribution in [0.3, 0.4) is 0 Å². The highest BCUT2D eigenvalue weighted by Gasteiger charge is 2.22. The van der Waals surface area contributed by atoms with Crippen LogP contribution in [0, 0.1) is 0 Å². The average molecular weight is 296 g/mol. The van der Waals surface area contributed by atoms with E-state index in [1.54, 1.807) is 18.2 Å². The number of hydrogen-bond acceptors (Lipinski definition) is 3. The highest BCUT2D eigenvalue weighted by Crippen LogP contribution is 2.31. The molecule has 1 aromatic rings. The number of ether oxygens (including phenoxy) is 2. The Balaban J connectivity index is 1.65. The van der Waals surface area contributed by atoms with Crippen LogP contribution in [0.5, 0.6) is 11.5 Å². The monoisotopic (exact) mass is 295 g/mol. The molecule has 0 unspecified atom stereocenters. The predicted molar refractivity (Wildman–Crippen MR) is 76.8 cm³/mol. The topological polar surface area (TPSA) is 47.6 Å². The quantitative estimate of drug-likeness (QED) is 0.854. The fourth-order valence-electron chi connectivity index (χ4n) is 2.65. The van der Waals surface area contributed by atoms with Crippen molar-refractivity contribution in [3.63, 3.8) is 0 Å². The van der Waals surface area contributed by atoms with E-state index in [4.69, 9.17) is 21.1 Å². The highest BCUT2D eigenvalue weighted by atomic mass is 35.5. The van der Waals surface area contributed by atoms with Gasteiger partial charge in [-0.2, -0.15) is 0 Å². The lowest BCUT2D eigenvalue weighted by molar-refractivity contribution is 0.0926. The van der Waals surface area contributed by atoms with E-state index in [0.717, 1.165) is 25.7 Å². The van der Waals surface area contributed by atoms with Crippen LogP contribution < -0.4 is 14.8 Å². The van der Waals surface area contributed by atoms with E-state index in [1.165, 1.54) is 0 Å². The van der Waals surface area contributed by atoms with Crippen LogP contribution in [0.25, 0.3) is 0 Å². The molecule has 1 saturated carbocycles. The Morgan fingerprint density at radius 1 is 1.10 bits per heavy atom. The molecule has 0 atom stereocenters. The third kappa shape index (κ3) is 3.01. The second kappa shape index (κ2) is 5.92. The van der Waals surface area contributed by atoms with Crippen molar-refractivity contribution in [1.82, 2.24) is 5.32 Å². The average Bonchev–Trinajstić information content (AvgIpc) is 2.49. The molecule has 1 aliphatic carbocycles. The summed E-state index contributed by atoms with van der Waals surface area (Å²) in [6.45, 7) is 1.08. The van der Waals surface area contributed by atoms with Gasteiger partial charge in [-0.1, -0.05) is 0 Å². The van der Waals surface area contributed by atoms with Gasteiger partial charge >= 0.3 is 0 Å². The molecule has 20 heavy (non-hydrogen) atoms. The molecule has 1 amide bonds. The first kappa shape index (κ1) is 13.6. The molecule has 2 aliphatic rings. The number of benzene rings is 1. The number of rotatable bonds is 2. The van der Waals surface area contributed by atoms with Crippen LogP contribution in [-0.2, 0) is 0 Å². The standard InChI is InChI=1S/C15H18ClNO3/c16-11-2-4-12(5-3-11)17-15(18)10-1-6-13-14(9-10)20-8-7-19-13/h1,6,9,11-12H,2-5,7-8H2,(H,17,18). The summed E-state index contributed by atoms with van der Waals surface area (Å²) in [4.78, 5) is 12.2. The van der Waals surface area contributed by atoms with Crippen LogP contribution in [0.1, 0.15) is 36.0 Å². The number of hydrogen-bond donors (Lipinski definition) is 1. The van der Waals surface area contributed by atoms with Crippen LogP contribution in [0.2, 0.25) is 0 Å². The Morgan fingerprint density at radius 2 is 1.80 bits per heavy atom. The van der Waals surface area contributed by atoms with Gasteiger partial charge in [0.25, 0.3) is 5.91 Å². The number of nitrogens with one attached hydrogen (secondary N) is 1. The Kier molecular flexibility index (Phi) is 4.01. The Labute approximate surface area is 123 Å². The number of carbonyl (C=O) groups excluding carboxylic acids is 1. The van der Waals surface area contributed by atoms with E-state index < -0.39 is 0 Å². The van der Waals surface area contributed by atoms with E-state index in [9.17, 15) is 4.79 Å². The van der Waals surface area contributed by atoms with Crippen LogP contribution >= 0.6 is 11.6 Å². The number of alkyl halides is 1. The second-order valence-electron chi connectivity index (χ2n) is 5.28. The molecule has 108 valence electrons. The zero-order chi connectivity index (χ0) is 13.9. The van der Waals surface area contributed by atoms with Gasteiger partial charge in [0.2, 0.25) is 0 Å². The van der Waals surface area contributed by atoms with Crippen molar-refractivity contribution in [2.24, 2.45) is 0 Å². The highest BCUT2D eigenvalue weighted by molar-refractivity contribution is 6.20. The summed E-state index contributed by atoms with van der Waals surface area (Å²) in [5, 5.41) is 3.33. The molecule has 0 spiro atoms. The maximum Gasteiger partial charge on any atom is 0.251 e. The summed E-state index contributed by atoms with van der Waals surface area (Å²) < 4.78 is 10.9. The lowest BCUT2D eigenvalue weighted by Gasteiger charge is -2.26. The van der Waals surface area contributed by atoms with Crippen molar-refractivity contribution in [2.45, 2.75) is 37.1 Å². The number of amides is 1. The molecule has 1 N–H and O–H groups in total. The van der Waals surface area contributed by atoms with E-state index >= 15 is 0 Å². The van der Waals surface area contributed by atoms with E-state index in [-0.39, 0.29) is 17.3 Å². The zero-order valence-corrected chi connectivity index (χ0v) is 12.0. The molecular weight excluding hydrogens is 278 g/mol. The predicted octanol–water partition coefficient (Wildman–Crippen LogP) is 2.74. The maximum atomic E-state index is 12.2. The normalized spacial score (nSPS) is 25.1. The minimum atomic E-state index is -0.0556. The lowest BCUT2D eigenvalue weighted by atomic mass is 9.95. The summed E-state index contributed by atoms with van der Waals surface area (Å²) in [5.74, 6) is 1.30. The number of fused-ring (bicyclic) bond motifs is 1. The first-order chi connectivity index (χ1) is 9.72. The molecule has 0 saturated heterocycles. The van der Waals surface area contributed by atoms with Gasteiger partial charge in [-0.3, -0.25) is 4.79 Å². The molecule has 0 aromatic heterocycles. The van der Waals surface area contributed by atoms with Crippen LogP contribution in [0.15, 0.2) is 18.2 Å². The van der Waals surface area contributed by atoms with E-state index in [0.29, 0.717) is 30.3 Å². The van der Waals surface area contributed by atoms with Crippen molar-refractivity contribution in [1.29, 1.82) is 0 Å². The molecule has 3 rings (SSSR count). The van der Waals surface area contributed by atoms with Gasteiger partial charge in [0, 0.05) is 17.0 Å². The minimum Gasteiger partial charge on any atom is -0.486 e. The van der Waals surface area contributed by atoms with Crippen molar-refractivity contribution in [2.75, 3.05) is 13.2 Å². The Morgan fingerprint density at radius 3 is 2.55 bits per heavy atom. The van der Waals surface area contributed by atoms with Gasteiger partial charge in [-0.05, 0) is 43.9 Å². The first-order valence-electron chi connectivity index (χ1n) is 7.07. The molecule has 1 fully saturated rings. The number of carbonyl (C=O) groups is 1. The largest absolute Gasteiger partial charge is 0.486 e. The summed E-state index contributed by atoms with van der Waals surface area (Å²) in [7, 11) is 0. The zero-order valence-electron chi connectivity index (χ0n) is 11.2. The molecule has 5 heteroatoms. The lowest BCUT2D eigenvalue weighted by Crippen LogP contribution is -2.37. The van der Waals surface area contributed by atoms with Gasteiger partial charge in [0.1, 0.15) is 13.2 Å². The summed E-state index contributed by atoms with van der Waals surface area (Å²) in [6, 6.07) is 5.54. The maximum absolute atomic E-state index is 12.2. The third-order valence-electron chi connectivity index (χ3n) is 3.80. The first-order valence-corrected chi connectivity index (χ1v) is 7.50. The van der Waals surface area contributed by atoms with Gasteiger partial charge in [0.05, 0.1) is 0 Å². The summed E-state index contributed by atoms with van der Waals surface area (Å²) in [6.07, 6.45) is 3.83.